The predicted molar refractivity (Wildman–Crippen MR) is 65.1 cm³/mol. The van der Waals surface area contributed by atoms with Crippen molar-refractivity contribution in [3.8, 4) is 5.75 Å². The van der Waals surface area contributed by atoms with Gasteiger partial charge in [0.1, 0.15) is 5.75 Å². The van der Waals surface area contributed by atoms with Crippen molar-refractivity contribution in [2.75, 3.05) is 44.0 Å². The summed E-state index contributed by atoms with van der Waals surface area (Å²) in [7, 11) is 1.65. The van der Waals surface area contributed by atoms with Crippen molar-refractivity contribution in [2.24, 2.45) is 0 Å². The fraction of sp³-hybridized carbons (Fsp3) is 0.500. The zero-order valence-electron chi connectivity index (χ0n) is 9.61. The SMILES string of the molecule is COc1ccc(N2CCCOCC2)c(N)c1. The van der Waals surface area contributed by atoms with Crippen molar-refractivity contribution in [3.63, 3.8) is 0 Å². The van der Waals surface area contributed by atoms with Gasteiger partial charge in [-0.2, -0.15) is 0 Å². The number of benzene rings is 1. The lowest BCUT2D eigenvalue weighted by Gasteiger charge is -2.23. The molecule has 0 unspecified atom stereocenters. The smallest absolute Gasteiger partial charge is 0.121 e. The van der Waals surface area contributed by atoms with E-state index in [4.69, 9.17) is 15.2 Å². The maximum Gasteiger partial charge on any atom is 0.121 e. The van der Waals surface area contributed by atoms with Crippen molar-refractivity contribution in [1.29, 1.82) is 0 Å². The average Bonchev–Trinajstić information content (AvgIpc) is 2.57. The van der Waals surface area contributed by atoms with Crippen LogP contribution in [0.5, 0.6) is 5.75 Å². The highest BCUT2D eigenvalue weighted by Crippen LogP contribution is 2.28. The molecule has 88 valence electrons. The topological polar surface area (TPSA) is 47.7 Å². The molecule has 0 aromatic heterocycles. The van der Waals surface area contributed by atoms with E-state index >= 15 is 0 Å². The lowest BCUT2D eigenvalue weighted by Crippen LogP contribution is -2.26. The fourth-order valence-electron chi connectivity index (χ4n) is 1.93. The Hall–Kier alpha value is -1.42. The molecule has 1 saturated heterocycles. The van der Waals surface area contributed by atoms with Crippen LogP contribution >= 0.6 is 0 Å². The van der Waals surface area contributed by atoms with E-state index in [-0.39, 0.29) is 0 Å². The molecule has 0 amide bonds. The summed E-state index contributed by atoms with van der Waals surface area (Å²) in [5, 5.41) is 0. The average molecular weight is 222 g/mol. The molecule has 16 heavy (non-hydrogen) atoms. The minimum absolute atomic E-state index is 0.765. The number of anilines is 2. The minimum atomic E-state index is 0.765. The Bertz CT molecular complexity index is 347. The van der Waals surface area contributed by atoms with Gasteiger partial charge in [0.05, 0.1) is 25.1 Å². The molecule has 4 nitrogen and oxygen atoms in total. The Morgan fingerprint density at radius 1 is 1.31 bits per heavy atom. The first-order valence-electron chi connectivity index (χ1n) is 5.57. The molecule has 2 N–H and O–H groups in total. The quantitative estimate of drug-likeness (QED) is 0.770. The van der Waals surface area contributed by atoms with Gasteiger partial charge >= 0.3 is 0 Å². The van der Waals surface area contributed by atoms with Crippen molar-refractivity contribution in [1.82, 2.24) is 0 Å². The number of methoxy groups -OCH3 is 1. The molecule has 0 saturated carbocycles. The van der Waals surface area contributed by atoms with E-state index in [1.165, 1.54) is 0 Å². The largest absolute Gasteiger partial charge is 0.497 e. The molecule has 0 atom stereocenters. The monoisotopic (exact) mass is 222 g/mol. The van der Waals surface area contributed by atoms with Crippen molar-refractivity contribution < 1.29 is 9.47 Å². The molecule has 4 heteroatoms. The first-order chi connectivity index (χ1) is 7.81. The lowest BCUT2D eigenvalue weighted by molar-refractivity contribution is 0.152. The number of rotatable bonds is 2. The molecule has 1 aliphatic heterocycles. The maximum atomic E-state index is 6.02. The van der Waals surface area contributed by atoms with Crippen LogP contribution in [-0.4, -0.2) is 33.4 Å². The summed E-state index contributed by atoms with van der Waals surface area (Å²) in [5.74, 6) is 0.798. The molecule has 1 aliphatic rings. The van der Waals surface area contributed by atoms with E-state index in [9.17, 15) is 0 Å². The number of nitrogens with two attached hydrogens (primary N) is 1. The van der Waals surface area contributed by atoms with E-state index in [0.29, 0.717) is 0 Å². The van der Waals surface area contributed by atoms with Gasteiger partial charge < -0.3 is 20.1 Å². The van der Waals surface area contributed by atoms with Crippen LogP contribution in [0.15, 0.2) is 18.2 Å². The third-order valence-electron chi connectivity index (χ3n) is 2.80. The Labute approximate surface area is 95.9 Å². The predicted octanol–water partition coefficient (Wildman–Crippen LogP) is 1.50. The van der Waals surface area contributed by atoms with Gasteiger partial charge in [-0.25, -0.2) is 0 Å². The summed E-state index contributed by atoms with van der Waals surface area (Å²) < 4.78 is 10.6. The van der Waals surface area contributed by atoms with Crippen LogP contribution in [0.3, 0.4) is 0 Å². The Kier molecular flexibility index (Phi) is 3.51. The Morgan fingerprint density at radius 2 is 2.19 bits per heavy atom. The zero-order chi connectivity index (χ0) is 11.4. The normalized spacial score (nSPS) is 16.9. The fourth-order valence-corrected chi connectivity index (χ4v) is 1.93. The molecule has 1 heterocycles. The number of nitrogen functional groups attached to an aromatic ring is 1. The van der Waals surface area contributed by atoms with E-state index in [0.717, 1.165) is 49.8 Å². The second-order valence-electron chi connectivity index (χ2n) is 3.88. The second kappa shape index (κ2) is 5.07. The van der Waals surface area contributed by atoms with Crippen LogP contribution in [0.25, 0.3) is 0 Å². The molecular formula is C12H18N2O2. The third-order valence-corrected chi connectivity index (χ3v) is 2.80. The third kappa shape index (κ3) is 2.39. The number of ether oxygens (including phenoxy) is 2. The zero-order valence-corrected chi connectivity index (χ0v) is 9.61. The molecule has 1 aromatic rings. The van der Waals surface area contributed by atoms with Crippen molar-refractivity contribution >= 4 is 11.4 Å². The van der Waals surface area contributed by atoms with E-state index in [1.807, 2.05) is 18.2 Å². The van der Waals surface area contributed by atoms with Gasteiger partial charge in [0.15, 0.2) is 0 Å². The number of nitrogens with zero attached hydrogens (tertiary/aromatic N) is 1. The van der Waals surface area contributed by atoms with Crippen LogP contribution in [0.4, 0.5) is 11.4 Å². The van der Waals surface area contributed by atoms with Crippen LogP contribution in [0.1, 0.15) is 6.42 Å². The van der Waals surface area contributed by atoms with E-state index in [2.05, 4.69) is 4.90 Å². The first kappa shape index (κ1) is 11.1. The molecule has 2 rings (SSSR count). The first-order valence-corrected chi connectivity index (χ1v) is 5.57. The minimum Gasteiger partial charge on any atom is -0.497 e. The van der Waals surface area contributed by atoms with Crippen molar-refractivity contribution in [2.45, 2.75) is 6.42 Å². The highest BCUT2D eigenvalue weighted by atomic mass is 16.5. The van der Waals surface area contributed by atoms with Crippen LogP contribution in [0, 0.1) is 0 Å². The van der Waals surface area contributed by atoms with Gasteiger partial charge in [0.2, 0.25) is 0 Å². The van der Waals surface area contributed by atoms with Crippen LogP contribution in [-0.2, 0) is 4.74 Å². The summed E-state index contributed by atoms with van der Waals surface area (Å²) in [4.78, 5) is 2.27. The van der Waals surface area contributed by atoms with Crippen LogP contribution in [0.2, 0.25) is 0 Å². The van der Waals surface area contributed by atoms with Crippen molar-refractivity contribution in [3.05, 3.63) is 18.2 Å². The number of hydrogen-bond donors (Lipinski definition) is 1. The molecule has 0 aliphatic carbocycles. The van der Waals surface area contributed by atoms with E-state index < -0.39 is 0 Å². The molecule has 0 spiro atoms. The molecule has 0 bridgehead atoms. The molecule has 0 radical (unpaired) electrons. The Balaban J connectivity index is 2.18. The summed E-state index contributed by atoms with van der Waals surface area (Å²) in [5.41, 5.74) is 7.86. The molecular weight excluding hydrogens is 204 g/mol. The van der Waals surface area contributed by atoms with Gasteiger partial charge in [-0.15, -0.1) is 0 Å². The summed E-state index contributed by atoms with van der Waals surface area (Å²) in [6.45, 7) is 3.51. The van der Waals surface area contributed by atoms with Gasteiger partial charge in [-0.1, -0.05) is 0 Å². The lowest BCUT2D eigenvalue weighted by atomic mass is 10.2. The highest BCUT2D eigenvalue weighted by molar-refractivity contribution is 5.69. The van der Waals surface area contributed by atoms with Gasteiger partial charge in [-0.3, -0.25) is 0 Å². The van der Waals surface area contributed by atoms with Gasteiger partial charge in [0, 0.05) is 25.8 Å². The maximum absolute atomic E-state index is 6.02. The Morgan fingerprint density at radius 3 is 2.94 bits per heavy atom. The molecule has 1 fully saturated rings. The van der Waals surface area contributed by atoms with E-state index in [1.54, 1.807) is 7.11 Å². The molecule has 1 aromatic carbocycles. The van der Waals surface area contributed by atoms with Gasteiger partial charge in [0.25, 0.3) is 0 Å². The summed E-state index contributed by atoms with van der Waals surface area (Å²) >= 11 is 0. The van der Waals surface area contributed by atoms with Gasteiger partial charge in [-0.05, 0) is 18.6 Å². The highest BCUT2D eigenvalue weighted by Gasteiger charge is 2.12. The number of hydrogen-bond acceptors (Lipinski definition) is 4. The van der Waals surface area contributed by atoms with Crippen LogP contribution < -0.4 is 15.4 Å². The standard InChI is InChI=1S/C12H18N2O2/c1-15-10-3-4-12(11(13)9-10)14-5-2-7-16-8-6-14/h3-4,9H,2,5-8,13H2,1H3. The second-order valence-corrected chi connectivity index (χ2v) is 3.88. The summed E-state index contributed by atoms with van der Waals surface area (Å²) in [6, 6.07) is 5.82. The summed E-state index contributed by atoms with van der Waals surface area (Å²) in [6.07, 6.45) is 1.05.